The number of hydrogen-bond donors (Lipinski definition) is 0. The number of nitrogens with zero attached hydrogens (tertiary/aromatic N) is 2. The molecule has 108 valence electrons. The van der Waals surface area contributed by atoms with E-state index in [0.29, 0.717) is 18.7 Å². The molecule has 0 bridgehead atoms. The van der Waals surface area contributed by atoms with Crippen LogP contribution in [-0.4, -0.2) is 36.9 Å². The van der Waals surface area contributed by atoms with E-state index in [9.17, 15) is 9.18 Å². The van der Waals surface area contributed by atoms with Gasteiger partial charge in [0.25, 0.3) is 0 Å². The number of methoxy groups -OCH3 is 1. The molecule has 0 atom stereocenters. The molecule has 0 fully saturated rings. The Bertz CT molecular complexity index is 509. The van der Waals surface area contributed by atoms with E-state index in [2.05, 4.69) is 6.07 Å². The highest BCUT2D eigenvalue weighted by molar-refractivity contribution is 6.00. The third-order valence-corrected chi connectivity index (χ3v) is 3.05. The summed E-state index contributed by atoms with van der Waals surface area (Å²) in [6.45, 7) is 4.55. The predicted molar refractivity (Wildman–Crippen MR) is 74.2 cm³/mol. The van der Waals surface area contributed by atoms with E-state index >= 15 is 0 Å². The van der Waals surface area contributed by atoms with Gasteiger partial charge in [-0.2, -0.15) is 5.26 Å². The molecular weight excluding hydrogens is 259 g/mol. The number of rotatable bonds is 7. The molecule has 0 saturated heterocycles. The average Bonchev–Trinajstić information content (AvgIpc) is 2.42. The maximum absolute atomic E-state index is 13.3. The van der Waals surface area contributed by atoms with E-state index in [-0.39, 0.29) is 23.9 Å². The maximum Gasteiger partial charge on any atom is 0.180 e. The van der Waals surface area contributed by atoms with Crippen LogP contribution in [0.3, 0.4) is 0 Å². The van der Waals surface area contributed by atoms with Crippen LogP contribution in [0.4, 0.5) is 4.39 Å². The number of ketones is 1. The van der Waals surface area contributed by atoms with Gasteiger partial charge in [-0.3, -0.25) is 9.69 Å². The number of Topliss-reactive ketones (excluding diaryl/α,β-unsaturated/α-hetero) is 1. The highest BCUT2D eigenvalue weighted by atomic mass is 19.1. The van der Waals surface area contributed by atoms with Gasteiger partial charge in [0.1, 0.15) is 11.6 Å². The summed E-state index contributed by atoms with van der Waals surface area (Å²) in [5.74, 6) is -0.323. The van der Waals surface area contributed by atoms with Gasteiger partial charge in [0, 0.05) is 19.0 Å². The number of benzene rings is 1. The Morgan fingerprint density at radius 2 is 2.20 bits per heavy atom. The first-order valence-electron chi connectivity index (χ1n) is 6.47. The van der Waals surface area contributed by atoms with Crippen LogP contribution >= 0.6 is 0 Å². The predicted octanol–water partition coefficient (Wildman–Crippen LogP) is 2.64. The molecule has 4 nitrogen and oxygen atoms in total. The van der Waals surface area contributed by atoms with Crippen LogP contribution in [0.1, 0.15) is 30.6 Å². The molecule has 0 radical (unpaired) electrons. The van der Waals surface area contributed by atoms with Crippen molar-refractivity contribution in [3.63, 3.8) is 0 Å². The lowest BCUT2D eigenvalue weighted by Crippen LogP contribution is -2.36. The Morgan fingerprint density at radius 3 is 2.75 bits per heavy atom. The fraction of sp³-hybridized carbons (Fsp3) is 0.467. The third-order valence-electron chi connectivity index (χ3n) is 3.05. The third kappa shape index (κ3) is 4.32. The summed E-state index contributed by atoms with van der Waals surface area (Å²) in [5, 5.41) is 8.64. The van der Waals surface area contributed by atoms with Gasteiger partial charge in [-0.1, -0.05) is 0 Å². The van der Waals surface area contributed by atoms with Crippen LogP contribution in [0.25, 0.3) is 0 Å². The zero-order chi connectivity index (χ0) is 15.1. The number of carbonyl (C=O) groups excluding carboxylic acids is 1. The lowest BCUT2D eigenvalue weighted by Gasteiger charge is -2.24. The zero-order valence-corrected chi connectivity index (χ0v) is 12.0. The van der Waals surface area contributed by atoms with E-state index in [1.165, 1.54) is 25.3 Å². The van der Waals surface area contributed by atoms with Gasteiger partial charge in [-0.25, -0.2) is 4.39 Å². The number of nitriles is 1. The van der Waals surface area contributed by atoms with Gasteiger partial charge in [-0.15, -0.1) is 0 Å². The summed E-state index contributed by atoms with van der Waals surface area (Å²) >= 11 is 0. The average molecular weight is 278 g/mol. The van der Waals surface area contributed by atoms with Crippen LogP contribution in [0.5, 0.6) is 5.75 Å². The number of halogens is 1. The lowest BCUT2D eigenvalue weighted by atomic mass is 10.1. The summed E-state index contributed by atoms with van der Waals surface area (Å²) in [7, 11) is 1.44. The van der Waals surface area contributed by atoms with Crippen LogP contribution in [0.2, 0.25) is 0 Å². The molecule has 0 aliphatic heterocycles. The highest BCUT2D eigenvalue weighted by Gasteiger charge is 2.18. The highest BCUT2D eigenvalue weighted by Crippen LogP contribution is 2.20. The molecule has 1 aromatic rings. The Labute approximate surface area is 118 Å². The van der Waals surface area contributed by atoms with E-state index in [1.807, 2.05) is 18.7 Å². The molecule has 1 rings (SSSR count). The van der Waals surface area contributed by atoms with Gasteiger partial charge < -0.3 is 4.74 Å². The van der Waals surface area contributed by atoms with Crippen LogP contribution in [-0.2, 0) is 0 Å². The zero-order valence-electron chi connectivity index (χ0n) is 12.0. The Balaban J connectivity index is 2.88. The summed E-state index contributed by atoms with van der Waals surface area (Å²) in [6.07, 6.45) is 0.353. The van der Waals surface area contributed by atoms with Crippen molar-refractivity contribution in [2.24, 2.45) is 0 Å². The van der Waals surface area contributed by atoms with Gasteiger partial charge >= 0.3 is 0 Å². The number of hydrogen-bond acceptors (Lipinski definition) is 4. The molecular formula is C15H19FN2O2. The largest absolute Gasteiger partial charge is 0.496 e. The molecule has 0 aromatic heterocycles. The summed E-state index contributed by atoms with van der Waals surface area (Å²) in [4.78, 5) is 14.2. The lowest BCUT2D eigenvalue weighted by molar-refractivity contribution is 0.0904. The molecule has 0 amide bonds. The molecule has 0 unspecified atom stereocenters. The van der Waals surface area contributed by atoms with Crippen molar-refractivity contribution in [2.75, 3.05) is 20.2 Å². The minimum absolute atomic E-state index is 0.131. The quantitative estimate of drug-likeness (QED) is 0.719. The number of carbonyl (C=O) groups is 1. The van der Waals surface area contributed by atoms with Crippen molar-refractivity contribution in [1.82, 2.24) is 4.90 Å². The SMILES string of the molecule is COc1ccc(F)cc1C(=O)CN(CCC#N)C(C)C. The van der Waals surface area contributed by atoms with Crippen molar-refractivity contribution < 1.29 is 13.9 Å². The maximum atomic E-state index is 13.3. The number of ether oxygens (including phenoxy) is 1. The Morgan fingerprint density at radius 1 is 1.50 bits per heavy atom. The van der Waals surface area contributed by atoms with Crippen molar-refractivity contribution >= 4 is 5.78 Å². The van der Waals surface area contributed by atoms with Gasteiger partial charge in [0.05, 0.1) is 25.3 Å². The molecule has 0 saturated carbocycles. The molecule has 0 heterocycles. The van der Waals surface area contributed by atoms with E-state index in [0.717, 1.165) is 0 Å². The normalized spacial score (nSPS) is 10.7. The molecule has 0 aliphatic rings. The Kier molecular flexibility index (Phi) is 6.13. The first kappa shape index (κ1) is 16.1. The second-order valence-corrected chi connectivity index (χ2v) is 4.74. The Hall–Kier alpha value is -1.93. The van der Waals surface area contributed by atoms with Crippen molar-refractivity contribution in [1.29, 1.82) is 5.26 Å². The van der Waals surface area contributed by atoms with Crippen molar-refractivity contribution in [3.05, 3.63) is 29.6 Å². The fourth-order valence-electron chi connectivity index (χ4n) is 1.88. The molecule has 20 heavy (non-hydrogen) atoms. The van der Waals surface area contributed by atoms with Gasteiger partial charge in [-0.05, 0) is 32.0 Å². The second-order valence-electron chi connectivity index (χ2n) is 4.74. The topological polar surface area (TPSA) is 53.3 Å². The minimum atomic E-state index is -0.470. The first-order valence-corrected chi connectivity index (χ1v) is 6.47. The van der Waals surface area contributed by atoms with Crippen molar-refractivity contribution in [2.45, 2.75) is 26.3 Å². The molecule has 5 heteroatoms. The van der Waals surface area contributed by atoms with E-state index in [4.69, 9.17) is 10.00 Å². The van der Waals surface area contributed by atoms with Crippen LogP contribution < -0.4 is 4.74 Å². The summed E-state index contributed by atoms with van der Waals surface area (Å²) in [6, 6.07) is 6.07. The fourth-order valence-corrected chi connectivity index (χ4v) is 1.88. The van der Waals surface area contributed by atoms with Crippen LogP contribution in [0, 0.1) is 17.1 Å². The molecule has 1 aromatic carbocycles. The molecule has 0 aliphatic carbocycles. The summed E-state index contributed by atoms with van der Waals surface area (Å²) in [5.41, 5.74) is 0.232. The van der Waals surface area contributed by atoms with Crippen LogP contribution in [0.15, 0.2) is 18.2 Å². The van der Waals surface area contributed by atoms with Gasteiger partial charge in [0.15, 0.2) is 5.78 Å². The second kappa shape index (κ2) is 7.61. The monoisotopic (exact) mass is 278 g/mol. The van der Waals surface area contributed by atoms with E-state index in [1.54, 1.807) is 0 Å². The van der Waals surface area contributed by atoms with E-state index < -0.39 is 5.82 Å². The summed E-state index contributed by atoms with van der Waals surface area (Å²) < 4.78 is 18.4. The van der Waals surface area contributed by atoms with Gasteiger partial charge in [0.2, 0.25) is 0 Å². The molecule has 0 N–H and O–H groups in total. The first-order chi connectivity index (χ1) is 9.49. The standard InChI is InChI=1S/C15H19FN2O2/c1-11(2)18(8-4-7-17)10-14(19)13-9-12(16)5-6-15(13)20-3/h5-6,9,11H,4,8,10H2,1-3H3. The molecule has 0 spiro atoms. The van der Waals surface area contributed by atoms with Crippen molar-refractivity contribution in [3.8, 4) is 11.8 Å². The minimum Gasteiger partial charge on any atom is -0.496 e. The smallest absolute Gasteiger partial charge is 0.180 e.